The second kappa shape index (κ2) is 10.1. The van der Waals surface area contributed by atoms with Gasteiger partial charge in [0.05, 0.1) is 5.56 Å². The molecule has 192 valence electrons. The molecular weight excluding hydrogens is 499 g/mol. The van der Waals surface area contributed by atoms with Gasteiger partial charge in [-0.1, -0.05) is 60.7 Å². The molecule has 4 nitrogen and oxygen atoms in total. The van der Waals surface area contributed by atoms with Crippen molar-refractivity contribution in [3.05, 3.63) is 101 Å². The number of aromatic nitrogens is 1. The highest BCUT2D eigenvalue weighted by Crippen LogP contribution is 2.41. The van der Waals surface area contributed by atoms with E-state index < -0.39 is 15.6 Å². The third-order valence-corrected chi connectivity index (χ3v) is 7.21. The van der Waals surface area contributed by atoms with Crippen molar-refractivity contribution >= 4 is 10.1 Å². The van der Waals surface area contributed by atoms with Crippen LogP contribution in [0.4, 0.5) is 13.2 Å². The van der Waals surface area contributed by atoms with Crippen molar-refractivity contribution in [2.45, 2.75) is 32.2 Å². The van der Waals surface area contributed by atoms with E-state index in [1.165, 1.54) is 55.9 Å². The van der Waals surface area contributed by atoms with Crippen LogP contribution in [0.15, 0.2) is 78.9 Å². The van der Waals surface area contributed by atoms with Crippen LogP contribution >= 0.6 is 0 Å². The predicted molar refractivity (Wildman–Crippen MR) is 137 cm³/mol. The Balaban J connectivity index is 0.000000349. The topological polar surface area (TPSA) is 61.1 Å². The largest absolute Gasteiger partial charge is 0.741 e. The molecule has 3 aromatic carbocycles. The molecule has 0 aliphatic heterocycles. The van der Waals surface area contributed by atoms with Crippen molar-refractivity contribution < 1.29 is 30.7 Å². The third-order valence-electron chi connectivity index (χ3n) is 6.64. The van der Waals surface area contributed by atoms with E-state index in [-0.39, 0.29) is 0 Å². The lowest BCUT2D eigenvalue weighted by atomic mass is 9.80. The van der Waals surface area contributed by atoms with E-state index in [1.807, 2.05) is 0 Å². The number of aryl methyl sites for hydroxylation is 2. The molecule has 5 rings (SSSR count). The molecular formula is C29H26F3NO3S. The molecule has 0 radical (unpaired) electrons. The van der Waals surface area contributed by atoms with Gasteiger partial charge >= 0.3 is 5.51 Å². The summed E-state index contributed by atoms with van der Waals surface area (Å²) in [6.07, 6.45) is 2.19. The average Bonchev–Trinajstić information content (AvgIpc) is 2.86. The first kappa shape index (κ1) is 26.6. The molecule has 0 bridgehead atoms. The van der Waals surface area contributed by atoms with Crippen molar-refractivity contribution in [2.24, 2.45) is 7.05 Å². The van der Waals surface area contributed by atoms with Crippen LogP contribution in [0.25, 0.3) is 33.6 Å². The van der Waals surface area contributed by atoms with Crippen molar-refractivity contribution in [3.63, 3.8) is 0 Å². The molecule has 0 atom stereocenters. The molecule has 8 heteroatoms. The van der Waals surface area contributed by atoms with Crippen LogP contribution in [0.1, 0.15) is 22.3 Å². The monoisotopic (exact) mass is 525 g/mol. The molecule has 1 aliphatic rings. The summed E-state index contributed by atoms with van der Waals surface area (Å²) in [5, 5.41) is 0. The predicted octanol–water partition coefficient (Wildman–Crippen LogP) is 6.28. The zero-order valence-electron chi connectivity index (χ0n) is 20.6. The summed E-state index contributed by atoms with van der Waals surface area (Å²) in [4.78, 5) is 0. The second-order valence-corrected chi connectivity index (χ2v) is 10.4. The zero-order chi connectivity index (χ0) is 27.0. The van der Waals surface area contributed by atoms with E-state index in [2.05, 4.69) is 104 Å². The van der Waals surface area contributed by atoms with Gasteiger partial charge in [-0.2, -0.15) is 17.7 Å². The normalized spacial score (nSPS) is 12.7. The van der Waals surface area contributed by atoms with E-state index in [9.17, 15) is 13.2 Å². The average molecular weight is 526 g/mol. The summed E-state index contributed by atoms with van der Waals surface area (Å²) in [7, 11) is -3.86. The lowest BCUT2D eigenvalue weighted by Crippen LogP contribution is -2.37. The number of pyridine rings is 1. The Kier molecular flexibility index (Phi) is 7.26. The number of fused-ring (bicyclic) bond motifs is 3. The zero-order valence-corrected chi connectivity index (χ0v) is 21.5. The Bertz CT molecular complexity index is 1550. The SMILES string of the molecule is Cc1ccc(C)c2c1CCc1c(-c3ccccc3)cc(-c3ccccc3)[n+](C)c1-2.O=S(=O)([O-])C(F)(F)F. The highest BCUT2D eigenvalue weighted by atomic mass is 32.2. The summed E-state index contributed by atoms with van der Waals surface area (Å²) in [5.41, 5.74) is 8.11. The van der Waals surface area contributed by atoms with Crippen LogP contribution in [0.2, 0.25) is 0 Å². The van der Waals surface area contributed by atoms with E-state index in [4.69, 9.17) is 13.0 Å². The number of hydrogen-bond acceptors (Lipinski definition) is 3. The van der Waals surface area contributed by atoms with Crippen LogP contribution < -0.4 is 4.57 Å². The number of rotatable bonds is 2. The smallest absolute Gasteiger partial charge is 0.485 e. The molecule has 0 spiro atoms. The fourth-order valence-corrected chi connectivity index (χ4v) is 4.87. The minimum Gasteiger partial charge on any atom is -0.741 e. The summed E-state index contributed by atoms with van der Waals surface area (Å²) < 4.78 is 61.3. The molecule has 0 amide bonds. The molecule has 0 saturated heterocycles. The van der Waals surface area contributed by atoms with Gasteiger partial charge in [-0.25, -0.2) is 8.42 Å². The first-order valence-electron chi connectivity index (χ1n) is 11.7. The summed E-state index contributed by atoms with van der Waals surface area (Å²) in [5.74, 6) is 0. The van der Waals surface area contributed by atoms with Gasteiger partial charge in [0.25, 0.3) is 0 Å². The van der Waals surface area contributed by atoms with Crippen LogP contribution in [-0.4, -0.2) is 18.5 Å². The molecule has 0 unspecified atom stereocenters. The Morgan fingerprint density at radius 3 is 1.81 bits per heavy atom. The van der Waals surface area contributed by atoms with Crippen LogP contribution in [0, 0.1) is 13.8 Å². The fourth-order valence-electron chi connectivity index (χ4n) is 4.87. The maximum atomic E-state index is 10.7. The third kappa shape index (κ3) is 5.31. The molecule has 0 N–H and O–H groups in total. The van der Waals surface area contributed by atoms with E-state index >= 15 is 0 Å². The summed E-state index contributed by atoms with van der Waals surface area (Å²) in [6, 6.07) is 28.6. The van der Waals surface area contributed by atoms with Crippen molar-refractivity contribution in [1.29, 1.82) is 0 Å². The number of benzene rings is 3. The number of halogens is 3. The fraction of sp³-hybridized carbons (Fsp3) is 0.207. The lowest BCUT2D eigenvalue weighted by molar-refractivity contribution is -0.649. The van der Waals surface area contributed by atoms with Gasteiger partial charge in [-0.15, -0.1) is 0 Å². The summed E-state index contributed by atoms with van der Waals surface area (Å²) in [6.45, 7) is 4.51. The summed E-state index contributed by atoms with van der Waals surface area (Å²) >= 11 is 0. The van der Waals surface area contributed by atoms with Gasteiger partial charge in [0.15, 0.2) is 10.1 Å². The molecule has 1 aromatic heterocycles. The Labute approximate surface area is 214 Å². The number of hydrogen-bond donors (Lipinski definition) is 0. The van der Waals surface area contributed by atoms with Gasteiger partial charge in [-0.3, -0.25) is 0 Å². The Morgan fingerprint density at radius 1 is 0.784 bits per heavy atom. The van der Waals surface area contributed by atoms with Gasteiger partial charge in [0.1, 0.15) is 7.05 Å². The van der Waals surface area contributed by atoms with Crippen molar-refractivity contribution in [1.82, 2.24) is 0 Å². The minimum absolute atomic E-state index is 1.08. The van der Waals surface area contributed by atoms with Gasteiger partial charge in [0.2, 0.25) is 11.4 Å². The van der Waals surface area contributed by atoms with Crippen LogP contribution in [-0.2, 0) is 30.0 Å². The molecule has 1 heterocycles. The number of nitrogens with zero attached hydrogens (tertiary/aromatic N) is 1. The standard InChI is InChI=1S/C28H26N.CHF3O3S/c1-19-14-15-20(2)27-23(19)16-17-24-25(21-10-6-4-7-11-21)18-26(29(3)28(24)27)22-12-8-5-9-13-22;2-1(3,4)8(5,6)7/h4-15,18H,16-17H2,1-3H3;(H,5,6,7)/q+1;/p-1. The Hall–Kier alpha value is -3.49. The molecule has 37 heavy (non-hydrogen) atoms. The van der Waals surface area contributed by atoms with Gasteiger partial charge in [-0.05, 0) is 66.6 Å². The Morgan fingerprint density at radius 2 is 1.27 bits per heavy atom. The lowest BCUT2D eigenvalue weighted by Gasteiger charge is -2.24. The first-order valence-corrected chi connectivity index (χ1v) is 13.1. The highest BCUT2D eigenvalue weighted by Gasteiger charge is 2.37. The molecule has 0 saturated carbocycles. The van der Waals surface area contributed by atoms with Gasteiger partial charge < -0.3 is 4.55 Å². The number of alkyl halides is 3. The van der Waals surface area contributed by atoms with E-state index in [0.29, 0.717) is 0 Å². The van der Waals surface area contributed by atoms with Crippen LogP contribution in [0.3, 0.4) is 0 Å². The van der Waals surface area contributed by atoms with Crippen molar-refractivity contribution in [3.8, 4) is 33.6 Å². The maximum Gasteiger partial charge on any atom is 0.485 e. The second-order valence-electron chi connectivity index (χ2n) is 9.01. The molecule has 0 fully saturated rings. The molecule has 1 aliphatic carbocycles. The van der Waals surface area contributed by atoms with Crippen LogP contribution in [0.5, 0.6) is 0 Å². The van der Waals surface area contributed by atoms with E-state index in [1.54, 1.807) is 0 Å². The molecule has 4 aromatic rings. The van der Waals surface area contributed by atoms with Gasteiger partial charge in [0, 0.05) is 17.2 Å². The highest BCUT2D eigenvalue weighted by molar-refractivity contribution is 7.86. The van der Waals surface area contributed by atoms with E-state index in [0.717, 1.165) is 12.8 Å². The maximum absolute atomic E-state index is 10.7. The minimum atomic E-state index is -6.09. The first-order chi connectivity index (χ1) is 17.4. The van der Waals surface area contributed by atoms with Crippen molar-refractivity contribution in [2.75, 3.05) is 0 Å². The quantitative estimate of drug-likeness (QED) is 0.176.